The van der Waals surface area contributed by atoms with Crippen molar-refractivity contribution in [3.8, 4) is 0 Å². The molecule has 3 heteroatoms. The highest BCUT2D eigenvalue weighted by Crippen LogP contribution is 2.29. The lowest BCUT2D eigenvalue weighted by Gasteiger charge is -2.27. The summed E-state index contributed by atoms with van der Waals surface area (Å²) in [7, 11) is 1.48. The van der Waals surface area contributed by atoms with Gasteiger partial charge in [-0.2, -0.15) is 0 Å². The highest BCUT2D eigenvalue weighted by Gasteiger charge is 2.30. The Hall–Kier alpha value is -1.71. The summed E-state index contributed by atoms with van der Waals surface area (Å²) in [5.74, 6) is -0.319. The highest BCUT2D eigenvalue weighted by molar-refractivity contribution is 5.34. The summed E-state index contributed by atoms with van der Waals surface area (Å²) < 4.78 is 18.2. The number of ether oxygens (including phenoxy) is 1. The van der Waals surface area contributed by atoms with Gasteiger partial charge in [-0.1, -0.05) is 42.5 Å². The predicted molar refractivity (Wildman–Crippen MR) is 63.7 cm³/mol. The molecular weight excluding hydrogens is 217 g/mol. The van der Waals surface area contributed by atoms with Gasteiger partial charge in [0.2, 0.25) is 0 Å². The van der Waals surface area contributed by atoms with E-state index in [9.17, 15) is 4.39 Å². The molecule has 0 spiro atoms. The van der Waals surface area contributed by atoms with Gasteiger partial charge in [-0.05, 0) is 12.1 Å². The van der Waals surface area contributed by atoms with Crippen molar-refractivity contribution in [1.29, 1.82) is 0 Å². The molecule has 2 rings (SSSR count). The van der Waals surface area contributed by atoms with Gasteiger partial charge < -0.3 is 4.74 Å². The molecule has 0 saturated carbocycles. The first-order chi connectivity index (χ1) is 8.16. The van der Waals surface area contributed by atoms with E-state index in [4.69, 9.17) is 10.5 Å². The van der Waals surface area contributed by atoms with Gasteiger partial charge in [0.05, 0.1) is 0 Å². The quantitative estimate of drug-likeness (QED) is 0.798. The van der Waals surface area contributed by atoms with E-state index >= 15 is 0 Å². The summed E-state index contributed by atoms with van der Waals surface area (Å²) in [6, 6.07) is 15.0. The van der Waals surface area contributed by atoms with Gasteiger partial charge in [-0.15, -0.1) is 0 Å². The van der Waals surface area contributed by atoms with Crippen LogP contribution >= 0.6 is 0 Å². The molecular formula is C14H13FNO. The van der Waals surface area contributed by atoms with Gasteiger partial charge >= 0.3 is 0 Å². The Morgan fingerprint density at radius 2 is 1.47 bits per heavy atom. The Morgan fingerprint density at radius 1 is 0.941 bits per heavy atom. The molecule has 2 aromatic rings. The van der Waals surface area contributed by atoms with Gasteiger partial charge in [0.25, 0.3) is 0 Å². The second-order valence-corrected chi connectivity index (χ2v) is 3.76. The van der Waals surface area contributed by atoms with Gasteiger partial charge in [0.1, 0.15) is 5.82 Å². The van der Waals surface area contributed by atoms with Gasteiger partial charge in [0, 0.05) is 18.2 Å². The third-order valence-electron chi connectivity index (χ3n) is 2.74. The summed E-state index contributed by atoms with van der Waals surface area (Å²) in [5, 5.41) is 0. The zero-order valence-electron chi connectivity index (χ0n) is 9.48. The molecule has 17 heavy (non-hydrogen) atoms. The smallest absolute Gasteiger partial charge is 0.183 e. The molecule has 0 aliphatic heterocycles. The maximum Gasteiger partial charge on any atom is 0.183 e. The fourth-order valence-electron chi connectivity index (χ4n) is 1.76. The number of nitrogens with one attached hydrogen (secondary N) is 1. The van der Waals surface area contributed by atoms with E-state index < -0.39 is 5.72 Å². The Morgan fingerprint density at radius 3 is 2.00 bits per heavy atom. The molecule has 1 N–H and O–H groups in total. The molecule has 0 heterocycles. The van der Waals surface area contributed by atoms with Crippen molar-refractivity contribution < 1.29 is 9.13 Å². The van der Waals surface area contributed by atoms with Gasteiger partial charge in [-0.3, -0.25) is 0 Å². The molecule has 0 bridgehead atoms. The van der Waals surface area contributed by atoms with Crippen molar-refractivity contribution in [2.45, 2.75) is 5.72 Å². The Bertz CT molecular complexity index is 483. The lowest BCUT2D eigenvalue weighted by Crippen LogP contribution is -2.31. The lowest BCUT2D eigenvalue weighted by molar-refractivity contribution is 0.0206. The largest absolute Gasteiger partial charge is 0.354 e. The zero-order valence-corrected chi connectivity index (χ0v) is 9.48. The molecule has 0 amide bonds. The van der Waals surface area contributed by atoms with Crippen molar-refractivity contribution in [2.75, 3.05) is 7.11 Å². The van der Waals surface area contributed by atoms with Crippen LogP contribution in [0.1, 0.15) is 11.1 Å². The Labute approximate surface area is 99.8 Å². The SMILES string of the molecule is COC([NH])(c1ccccc1)c1ccc(F)cc1. The van der Waals surface area contributed by atoms with E-state index in [2.05, 4.69) is 0 Å². The molecule has 1 unspecified atom stereocenters. The molecule has 0 aliphatic rings. The number of methoxy groups -OCH3 is 1. The van der Waals surface area contributed by atoms with E-state index in [0.717, 1.165) is 0 Å². The highest BCUT2D eigenvalue weighted by atomic mass is 19.1. The molecule has 2 nitrogen and oxygen atoms in total. The minimum absolute atomic E-state index is 0.319. The van der Waals surface area contributed by atoms with Gasteiger partial charge in [-0.25, -0.2) is 10.1 Å². The average molecular weight is 230 g/mol. The Kier molecular flexibility index (Phi) is 3.22. The topological polar surface area (TPSA) is 33.0 Å². The molecule has 0 aliphatic carbocycles. The van der Waals surface area contributed by atoms with Crippen LogP contribution < -0.4 is 5.73 Å². The normalized spacial score (nSPS) is 14.3. The van der Waals surface area contributed by atoms with E-state index in [1.165, 1.54) is 19.2 Å². The molecule has 2 aromatic carbocycles. The molecule has 1 atom stereocenters. The van der Waals surface area contributed by atoms with Crippen LogP contribution in [0.4, 0.5) is 4.39 Å². The van der Waals surface area contributed by atoms with Crippen molar-refractivity contribution >= 4 is 0 Å². The van der Waals surface area contributed by atoms with Crippen molar-refractivity contribution in [1.82, 2.24) is 5.73 Å². The fourth-order valence-corrected chi connectivity index (χ4v) is 1.76. The minimum Gasteiger partial charge on any atom is -0.354 e. The first-order valence-corrected chi connectivity index (χ1v) is 5.28. The molecule has 0 aromatic heterocycles. The van der Waals surface area contributed by atoms with Gasteiger partial charge in [0.15, 0.2) is 5.72 Å². The van der Waals surface area contributed by atoms with Crippen LogP contribution in [0, 0.1) is 5.82 Å². The van der Waals surface area contributed by atoms with Crippen LogP contribution in [0.2, 0.25) is 0 Å². The van der Waals surface area contributed by atoms with Crippen LogP contribution in [0.3, 0.4) is 0 Å². The molecule has 87 valence electrons. The van der Waals surface area contributed by atoms with Crippen LogP contribution in [-0.4, -0.2) is 7.11 Å². The van der Waals surface area contributed by atoms with Crippen LogP contribution in [-0.2, 0) is 10.5 Å². The maximum absolute atomic E-state index is 12.9. The van der Waals surface area contributed by atoms with Crippen molar-refractivity contribution in [3.05, 3.63) is 71.5 Å². The standard InChI is InChI=1S/C14H13FNO/c1-17-14(16,11-5-3-2-4-6-11)12-7-9-13(15)10-8-12/h2-10,16H,1H3. The molecule has 0 fully saturated rings. The number of hydrogen-bond donors (Lipinski definition) is 0. The van der Waals surface area contributed by atoms with Crippen molar-refractivity contribution in [2.24, 2.45) is 0 Å². The van der Waals surface area contributed by atoms with Crippen molar-refractivity contribution in [3.63, 3.8) is 0 Å². The van der Waals surface area contributed by atoms with Crippen LogP contribution in [0.25, 0.3) is 0 Å². The van der Waals surface area contributed by atoms with E-state index in [-0.39, 0.29) is 5.82 Å². The fraction of sp³-hybridized carbons (Fsp3) is 0.143. The second kappa shape index (κ2) is 4.65. The molecule has 0 saturated heterocycles. The molecule has 1 radical (unpaired) electrons. The Balaban J connectivity index is 2.48. The number of halogens is 1. The summed E-state index contributed by atoms with van der Waals surface area (Å²) in [6.45, 7) is 0. The van der Waals surface area contributed by atoms with Crippen LogP contribution in [0.5, 0.6) is 0 Å². The minimum atomic E-state index is -1.30. The number of rotatable bonds is 3. The number of benzene rings is 2. The first kappa shape index (κ1) is 11.8. The third kappa shape index (κ3) is 2.20. The summed E-state index contributed by atoms with van der Waals surface area (Å²) in [4.78, 5) is 0. The van der Waals surface area contributed by atoms with E-state index in [1.807, 2.05) is 30.3 Å². The third-order valence-corrected chi connectivity index (χ3v) is 2.74. The lowest BCUT2D eigenvalue weighted by atomic mass is 9.95. The predicted octanol–water partition coefficient (Wildman–Crippen LogP) is 2.96. The summed E-state index contributed by atoms with van der Waals surface area (Å²) in [5.41, 5.74) is 8.40. The number of hydrogen-bond acceptors (Lipinski definition) is 1. The van der Waals surface area contributed by atoms with E-state index in [1.54, 1.807) is 12.1 Å². The average Bonchev–Trinajstić information content (AvgIpc) is 2.40. The zero-order chi connectivity index (χ0) is 12.3. The summed E-state index contributed by atoms with van der Waals surface area (Å²) in [6.07, 6.45) is 0. The maximum atomic E-state index is 12.9. The van der Waals surface area contributed by atoms with E-state index in [0.29, 0.717) is 11.1 Å². The second-order valence-electron chi connectivity index (χ2n) is 3.76. The first-order valence-electron chi connectivity index (χ1n) is 5.28. The summed E-state index contributed by atoms with van der Waals surface area (Å²) >= 11 is 0. The van der Waals surface area contributed by atoms with Crippen LogP contribution in [0.15, 0.2) is 54.6 Å². The monoisotopic (exact) mass is 230 g/mol.